The molecule has 3 nitrogen and oxygen atoms in total. The van der Waals surface area contributed by atoms with Crippen LogP contribution in [0.4, 0.5) is 0 Å². The van der Waals surface area contributed by atoms with Gasteiger partial charge in [-0.1, -0.05) is 30.3 Å². The van der Waals surface area contributed by atoms with E-state index in [9.17, 15) is 4.79 Å². The van der Waals surface area contributed by atoms with E-state index in [-0.39, 0.29) is 11.9 Å². The Kier molecular flexibility index (Phi) is 3.83. The summed E-state index contributed by atoms with van der Waals surface area (Å²) in [6.07, 6.45) is 5.43. The molecule has 0 bridgehead atoms. The van der Waals surface area contributed by atoms with Crippen molar-refractivity contribution in [3.8, 4) is 0 Å². The molecule has 0 spiro atoms. The standard InChI is InChI=1S/C16H22N2O/c19-15(11-14-7-4-10-17-14)18-16(13-8-9-13)12-5-2-1-3-6-12/h1-3,5-6,13-14,16-17H,4,7-11H2,(H,18,19). The molecule has 1 heterocycles. The first-order valence-electron chi connectivity index (χ1n) is 7.40. The first-order valence-corrected chi connectivity index (χ1v) is 7.40. The van der Waals surface area contributed by atoms with Gasteiger partial charge in [0.15, 0.2) is 0 Å². The molecular weight excluding hydrogens is 236 g/mol. The van der Waals surface area contributed by atoms with E-state index in [1.807, 2.05) is 6.07 Å². The highest BCUT2D eigenvalue weighted by atomic mass is 16.1. The average molecular weight is 258 g/mol. The Bertz CT molecular complexity index is 422. The molecular formula is C16H22N2O. The van der Waals surface area contributed by atoms with Crippen molar-refractivity contribution < 1.29 is 4.79 Å². The summed E-state index contributed by atoms with van der Waals surface area (Å²) >= 11 is 0. The fourth-order valence-electron chi connectivity index (χ4n) is 2.95. The molecule has 2 fully saturated rings. The number of carbonyl (C=O) groups excluding carboxylic acids is 1. The van der Waals surface area contributed by atoms with E-state index in [2.05, 4.69) is 34.9 Å². The van der Waals surface area contributed by atoms with Gasteiger partial charge >= 0.3 is 0 Å². The maximum Gasteiger partial charge on any atom is 0.222 e. The van der Waals surface area contributed by atoms with Crippen LogP contribution in [-0.4, -0.2) is 18.5 Å². The van der Waals surface area contributed by atoms with Gasteiger partial charge in [-0.15, -0.1) is 0 Å². The van der Waals surface area contributed by atoms with Gasteiger partial charge in [0.1, 0.15) is 0 Å². The van der Waals surface area contributed by atoms with Gasteiger partial charge in [0.05, 0.1) is 6.04 Å². The van der Waals surface area contributed by atoms with Crippen molar-refractivity contribution in [2.75, 3.05) is 6.54 Å². The molecule has 3 heteroatoms. The van der Waals surface area contributed by atoms with Crippen LogP contribution in [0.1, 0.15) is 43.7 Å². The molecule has 0 radical (unpaired) electrons. The third kappa shape index (κ3) is 3.35. The summed E-state index contributed by atoms with van der Waals surface area (Å²) in [6, 6.07) is 11.0. The highest BCUT2D eigenvalue weighted by Gasteiger charge is 2.33. The van der Waals surface area contributed by atoms with Crippen molar-refractivity contribution in [1.29, 1.82) is 0 Å². The third-order valence-corrected chi connectivity index (χ3v) is 4.16. The van der Waals surface area contributed by atoms with E-state index in [0.717, 1.165) is 13.0 Å². The predicted molar refractivity (Wildman–Crippen MR) is 75.7 cm³/mol. The Labute approximate surface area is 114 Å². The second kappa shape index (κ2) is 5.74. The number of hydrogen-bond acceptors (Lipinski definition) is 2. The average Bonchev–Trinajstić information content (AvgIpc) is 3.15. The van der Waals surface area contributed by atoms with Gasteiger partial charge in [0.2, 0.25) is 5.91 Å². The van der Waals surface area contributed by atoms with Gasteiger partial charge in [0, 0.05) is 12.5 Å². The summed E-state index contributed by atoms with van der Waals surface area (Å²) in [6.45, 7) is 1.06. The molecule has 2 atom stereocenters. The molecule has 2 N–H and O–H groups in total. The molecule has 1 saturated carbocycles. The summed E-state index contributed by atoms with van der Waals surface area (Å²) in [5.41, 5.74) is 1.25. The highest BCUT2D eigenvalue weighted by molar-refractivity contribution is 5.77. The Hall–Kier alpha value is -1.35. The van der Waals surface area contributed by atoms with Crippen molar-refractivity contribution in [2.45, 2.75) is 44.2 Å². The summed E-state index contributed by atoms with van der Waals surface area (Å²) in [5, 5.41) is 6.63. The van der Waals surface area contributed by atoms with Crippen molar-refractivity contribution in [3.63, 3.8) is 0 Å². The molecule has 3 rings (SSSR count). The molecule has 1 amide bonds. The quantitative estimate of drug-likeness (QED) is 0.851. The Morgan fingerprint density at radius 2 is 2.05 bits per heavy atom. The molecule has 102 valence electrons. The first-order chi connectivity index (χ1) is 9.33. The van der Waals surface area contributed by atoms with Crippen LogP contribution < -0.4 is 10.6 Å². The largest absolute Gasteiger partial charge is 0.349 e. The van der Waals surface area contributed by atoms with Crippen LogP contribution in [0.5, 0.6) is 0 Å². The molecule has 2 unspecified atom stereocenters. The topological polar surface area (TPSA) is 41.1 Å². The van der Waals surface area contributed by atoms with E-state index >= 15 is 0 Å². The first kappa shape index (κ1) is 12.7. The second-order valence-electron chi connectivity index (χ2n) is 5.79. The summed E-state index contributed by atoms with van der Waals surface area (Å²) in [4.78, 5) is 12.2. The molecule has 19 heavy (non-hydrogen) atoms. The van der Waals surface area contributed by atoms with E-state index in [0.29, 0.717) is 18.4 Å². The third-order valence-electron chi connectivity index (χ3n) is 4.16. The number of amides is 1. The van der Waals surface area contributed by atoms with Crippen molar-refractivity contribution in [3.05, 3.63) is 35.9 Å². The summed E-state index contributed by atoms with van der Waals surface area (Å²) < 4.78 is 0. The maximum atomic E-state index is 12.2. The van der Waals surface area contributed by atoms with Gasteiger partial charge in [-0.05, 0) is 43.7 Å². The Balaban J connectivity index is 1.60. The number of benzene rings is 1. The zero-order valence-electron chi connectivity index (χ0n) is 11.3. The number of rotatable bonds is 5. The van der Waals surface area contributed by atoms with E-state index in [1.54, 1.807) is 0 Å². The summed E-state index contributed by atoms with van der Waals surface area (Å²) in [7, 11) is 0. The molecule has 1 aliphatic heterocycles. The van der Waals surface area contributed by atoms with Crippen molar-refractivity contribution in [1.82, 2.24) is 10.6 Å². The monoisotopic (exact) mass is 258 g/mol. The fraction of sp³-hybridized carbons (Fsp3) is 0.562. The summed E-state index contributed by atoms with van der Waals surface area (Å²) in [5.74, 6) is 0.836. The molecule has 0 aromatic heterocycles. The van der Waals surface area contributed by atoms with Crippen LogP contribution in [0.3, 0.4) is 0 Å². The minimum atomic E-state index is 0.195. The lowest BCUT2D eigenvalue weighted by molar-refractivity contribution is -0.122. The second-order valence-corrected chi connectivity index (χ2v) is 5.79. The predicted octanol–water partition coefficient (Wildman–Crippen LogP) is 2.40. The zero-order chi connectivity index (χ0) is 13.1. The lowest BCUT2D eigenvalue weighted by Crippen LogP contribution is -2.35. The van der Waals surface area contributed by atoms with Gasteiger partial charge in [-0.3, -0.25) is 4.79 Å². The van der Waals surface area contributed by atoms with Crippen LogP contribution in [0, 0.1) is 5.92 Å². The van der Waals surface area contributed by atoms with Crippen molar-refractivity contribution >= 4 is 5.91 Å². The molecule has 1 aromatic carbocycles. The fourth-order valence-corrected chi connectivity index (χ4v) is 2.95. The number of nitrogens with one attached hydrogen (secondary N) is 2. The van der Waals surface area contributed by atoms with Gasteiger partial charge in [-0.25, -0.2) is 0 Å². The minimum absolute atomic E-state index is 0.195. The van der Waals surface area contributed by atoms with Gasteiger partial charge in [0.25, 0.3) is 0 Å². The lowest BCUT2D eigenvalue weighted by Gasteiger charge is -2.20. The maximum absolute atomic E-state index is 12.2. The normalized spacial score (nSPS) is 24.1. The van der Waals surface area contributed by atoms with E-state index in [1.165, 1.54) is 24.8 Å². The minimum Gasteiger partial charge on any atom is -0.349 e. The number of hydrogen-bond donors (Lipinski definition) is 2. The number of carbonyl (C=O) groups is 1. The highest BCUT2D eigenvalue weighted by Crippen LogP contribution is 2.40. The van der Waals surface area contributed by atoms with Gasteiger partial charge < -0.3 is 10.6 Å². The molecule has 1 aliphatic carbocycles. The molecule has 1 saturated heterocycles. The zero-order valence-corrected chi connectivity index (χ0v) is 11.3. The SMILES string of the molecule is O=C(CC1CCCN1)NC(c1ccccc1)C1CC1. The van der Waals surface area contributed by atoms with E-state index in [4.69, 9.17) is 0 Å². The lowest BCUT2D eigenvalue weighted by atomic mass is 10.0. The molecule has 2 aliphatic rings. The van der Waals surface area contributed by atoms with Crippen LogP contribution in [0.2, 0.25) is 0 Å². The van der Waals surface area contributed by atoms with E-state index < -0.39 is 0 Å². The van der Waals surface area contributed by atoms with Crippen LogP contribution in [0.15, 0.2) is 30.3 Å². The smallest absolute Gasteiger partial charge is 0.222 e. The van der Waals surface area contributed by atoms with Crippen LogP contribution in [-0.2, 0) is 4.79 Å². The van der Waals surface area contributed by atoms with Gasteiger partial charge in [-0.2, -0.15) is 0 Å². The van der Waals surface area contributed by atoms with Crippen LogP contribution in [0.25, 0.3) is 0 Å². The Morgan fingerprint density at radius 1 is 1.26 bits per heavy atom. The van der Waals surface area contributed by atoms with Crippen molar-refractivity contribution in [2.24, 2.45) is 5.92 Å². The Morgan fingerprint density at radius 3 is 2.68 bits per heavy atom. The van der Waals surface area contributed by atoms with Crippen LogP contribution >= 0.6 is 0 Å². The molecule has 1 aromatic rings.